The van der Waals surface area contributed by atoms with Crippen LogP contribution in [0.2, 0.25) is 0 Å². The first-order chi connectivity index (χ1) is 10.5. The third kappa shape index (κ3) is 5.08. The van der Waals surface area contributed by atoms with Gasteiger partial charge in [-0.15, -0.1) is 0 Å². The number of methoxy groups -OCH3 is 1. The van der Waals surface area contributed by atoms with Crippen molar-refractivity contribution < 1.29 is 23.9 Å². The molecule has 0 saturated carbocycles. The van der Waals surface area contributed by atoms with Gasteiger partial charge in [0.2, 0.25) is 5.91 Å². The Morgan fingerprint density at radius 2 is 1.82 bits per heavy atom. The van der Waals surface area contributed by atoms with Gasteiger partial charge in [-0.25, -0.2) is 9.59 Å². The summed E-state index contributed by atoms with van der Waals surface area (Å²) >= 11 is 0. The molecule has 0 heterocycles. The monoisotopic (exact) mass is 308 g/mol. The Kier molecular flexibility index (Phi) is 6.88. The Bertz CT molecular complexity index is 527. The molecule has 1 N–H and O–H groups in total. The number of carbonyl (C=O) groups is 3. The fraction of sp³-hybridized carbons (Fsp3) is 0.400. The SMILES string of the molecule is CCOC(=O)c1ccc(N(CCNC(=O)OC)C(C)=O)cc1. The van der Waals surface area contributed by atoms with Gasteiger partial charge in [-0.05, 0) is 31.2 Å². The molecule has 0 saturated heterocycles. The van der Waals surface area contributed by atoms with Crippen molar-refractivity contribution in [3.05, 3.63) is 29.8 Å². The van der Waals surface area contributed by atoms with Crippen molar-refractivity contribution in [2.75, 3.05) is 31.7 Å². The van der Waals surface area contributed by atoms with Crippen molar-refractivity contribution >= 4 is 23.7 Å². The molecule has 0 atom stereocenters. The Morgan fingerprint density at radius 1 is 1.18 bits per heavy atom. The lowest BCUT2D eigenvalue weighted by atomic mass is 10.2. The molecule has 0 aliphatic rings. The van der Waals surface area contributed by atoms with Gasteiger partial charge in [-0.2, -0.15) is 0 Å². The molecule has 0 bridgehead atoms. The zero-order valence-electron chi connectivity index (χ0n) is 12.9. The highest BCUT2D eigenvalue weighted by Gasteiger charge is 2.13. The summed E-state index contributed by atoms with van der Waals surface area (Å²) in [4.78, 5) is 35.8. The van der Waals surface area contributed by atoms with Gasteiger partial charge in [0.1, 0.15) is 0 Å². The summed E-state index contributed by atoms with van der Waals surface area (Å²) in [5, 5.41) is 2.50. The predicted molar refractivity (Wildman–Crippen MR) is 80.8 cm³/mol. The number of benzene rings is 1. The molecule has 7 nitrogen and oxygen atoms in total. The number of ether oxygens (including phenoxy) is 2. The number of hydrogen-bond acceptors (Lipinski definition) is 5. The molecular weight excluding hydrogens is 288 g/mol. The Hall–Kier alpha value is -2.57. The highest BCUT2D eigenvalue weighted by Crippen LogP contribution is 2.16. The van der Waals surface area contributed by atoms with Gasteiger partial charge >= 0.3 is 12.1 Å². The summed E-state index contributed by atoms with van der Waals surface area (Å²) < 4.78 is 9.36. The molecule has 120 valence electrons. The molecule has 0 unspecified atom stereocenters. The van der Waals surface area contributed by atoms with Crippen molar-refractivity contribution in [1.29, 1.82) is 0 Å². The highest BCUT2D eigenvalue weighted by molar-refractivity contribution is 5.93. The van der Waals surface area contributed by atoms with Crippen molar-refractivity contribution in [2.45, 2.75) is 13.8 Å². The lowest BCUT2D eigenvalue weighted by Gasteiger charge is -2.21. The fourth-order valence-electron chi connectivity index (χ4n) is 1.80. The summed E-state index contributed by atoms with van der Waals surface area (Å²) in [5.41, 5.74) is 1.05. The van der Waals surface area contributed by atoms with E-state index in [2.05, 4.69) is 10.1 Å². The summed E-state index contributed by atoms with van der Waals surface area (Å²) in [5.74, 6) is -0.577. The highest BCUT2D eigenvalue weighted by atomic mass is 16.5. The van der Waals surface area contributed by atoms with Crippen LogP contribution in [0.1, 0.15) is 24.2 Å². The van der Waals surface area contributed by atoms with E-state index in [0.29, 0.717) is 24.4 Å². The van der Waals surface area contributed by atoms with Crippen LogP contribution in [0, 0.1) is 0 Å². The average molecular weight is 308 g/mol. The van der Waals surface area contributed by atoms with Crippen LogP contribution in [0.5, 0.6) is 0 Å². The first kappa shape index (κ1) is 17.5. The minimum atomic E-state index is -0.554. The number of nitrogens with zero attached hydrogens (tertiary/aromatic N) is 1. The second kappa shape index (κ2) is 8.66. The molecule has 0 radical (unpaired) electrons. The quantitative estimate of drug-likeness (QED) is 0.806. The van der Waals surface area contributed by atoms with Crippen molar-refractivity contribution in [3.63, 3.8) is 0 Å². The van der Waals surface area contributed by atoms with E-state index in [4.69, 9.17) is 4.74 Å². The van der Waals surface area contributed by atoms with Gasteiger partial charge in [0.05, 0.1) is 19.3 Å². The van der Waals surface area contributed by atoms with Crippen LogP contribution in [0.4, 0.5) is 10.5 Å². The van der Waals surface area contributed by atoms with Gasteiger partial charge in [-0.3, -0.25) is 4.79 Å². The summed E-state index contributed by atoms with van der Waals surface area (Å²) in [6.45, 7) is 4.02. The second-order valence-electron chi connectivity index (χ2n) is 4.36. The number of anilines is 1. The third-order valence-corrected chi connectivity index (χ3v) is 2.86. The maximum atomic E-state index is 11.7. The maximum Gasteiger partial charge on any atom is 0.406 e. The van der Waals surface area contributed by atoms with Crippen LogP contribution in [0.3, 0.4) is 0 Å². The largest absolute Gasteiger partial charge is 0.462 e. The molecule has 0 aliphatic heterocycles. The van der Waals surface area contributed by atoms with Crippen LogP contribution in [-0.4, -0.2) is 44.8 Å². The van der Waals surface area contributed by atoms with Gasteiger partial charge in [0, 0.05) is 25.7 Å². The summed E-state index contributed by atoms with van der Waals surface area (Å²) in [7, 11) is 1.27. The third-order valence-electron chi connectivity index (χ3n) is 2.86. The lowest BCUT2D eigenvalue weighted by Crippen LogP contribution is -2.37. The standard InChI is InChI=1S/C15H20N2O5/c1-4-22-14(19)12-5-7-13(8-6-12)17(11(2)18)10-9-16-15(20)21-3/h5-8H,4,9-10H2,1-3H3,(H,16,20). The van der Waals surface area contributed by atoms with Gasteiger partial charge in [0.15, 0.2) is 0 Å². The molecule has 1 aromatic rings. The molecule has 0 fully saturated rings. The fourth-order valence-corrected chi connectivity index (χ4v) is 1.80. The minimum Gasteiger partial charge on any atom is -0.462 e. The van der Waals surface area contributed by atoms with Gasteiger partial charge in [0.25, 0.3) is 0 Å². The van der Waals surface area contributed by atoms with E-state index < -0.39 is 12.1 Å². The minimum absolute atomic E-state index is 0.171. The number of nitrogens with one attached hydrogen (secondary N) is 1. The van der Waals surface area contributed by atoms with Gasteiger partial charge in [-0.1, -0.05) is 0 Å². The molecule has 0 aliphatic carbocycles. The average Bonchev–Trinajstić information content (AvgIpc) is 2.51. The Morgan fingerprint density at radius 3 is 2.32 bits per heavy atom. The molecule has 22 heavy (non-hydrogen) atoms. The first-order valence-corrected chi connectivity index (χ1v) is 6.86. The van der Waals surface area contributed by atoms with Crippen molar-refractivity contribution in [3.8, 4) is 0 Å². The van der Waals surface area contributed by atoms with E-state index >= 15 is 0 Å². The van der Waals surface area contributed by atoms with Crippen molar-refractivity contribution in [1.82, 2.24) is 5.32 Å². The topological polar surface area (TPSA) is 84.9 Å². The normalized spacial score (nSPS) is 9.77. The molecule has 2 amide bonds. The first-order valence-electron chi connectivity index (χ1n) is 6.86. The number of hydrogen-bond donors (Lipinski definition) is 1. The number of amides is 2. The summed E-state index contributed by atoms with van der Waals surface area (Å²) in [6.07, 6.45) is -0.554. The zero-order chi connectivity index (χ0) is 16.5. The van der Waals surface area contributed by atoms with Crippen molar-refractivity contribution in [2.24, 2.45) is 0 Å². The molecule has 1 aromatic carbocycles. The molecule has 0 aromatic heterocycles. The van der Waals surface area contributed by atoms with E-state index in [1.54, 1.807) is 31.2 Å². The predicted octanol–water partition coefficient (Wildman–Crippen LogP) is 1.57. The number of rotatable bonds is 6. The number of carbonyl (C=O) groups excluding carboxylic acids is 3. The van der Waals surface area contributed by atoms with Crippen LogP contribution in [0.25, 0.3) is 0 Å². The second-order valence-corrected chi connectivity index (χ2v) is 4.36. The molecule has 0 spiro atoms. The lowest BCUT2D eigenvalue weighted by molar-refractivity contribution is -0.116. The van der Waals surface area contributed by atoms with E-state index in [9.17, 15) is 14.4 Å². The van der Waals surface area contributed by atoms with Crippen LogP contribution >= 0.6 is 0 Å². The van der Waals surface area contributed by atoms with E-state index in [0.717, 1.165) is 0 Å². The van der Waals surface area contributed by atoms with Crippen LogP contribution < -0.4 is 10.2 Å². The van der Waals surface area contributed by atoms with E-state index in [1.807, 2.05) is 0 Å². The Balaban J connectivity index is 2.73. The number of esters is 1. The Labute approximate surface area is 129 Å². The van der Waals surface area contributed by atoms with Crippen LogP contribution in [-0.2, 0) is 14.3 Å². The number of alkyl carbamates (subject to hydrolysis) is 1. The zero-order valence-corrected chi connectivity index (χ0v) is 12.9. The van der Waals surface area contributed by atoms with Crippen LogP contribution in [0.15, 0.2) is 24.3 Å². The van der Waals surface area contributed by atoms with E-state index in [1.165, 1.54) is 18.9 Å². The maximum absolute atomic E-state index is 11.7. The smallest absolute Gasteiger partial charge is 0.406 e. The molecular formula is C15H20N2O5. The van der Waals surface area contributed by atoms with Gasteiger partial charge < -0.3 is 19.7 Å². The molecule has 1 rings (SSSR count). The molecule has 7 heteroatoms. The van der Waals surface area contributed by atoms with E-state index in [-0.39, 0.29) is 12.5 Å². The summed E-state index contributed by atoms with van der Waals surface area (Å²) in [6, 6.07) is 6.51.